The standard InChI is InChI=1S/C23H19N5O4/c29-23-19-14-27(11-9-20(19)25-22(26-23)16-2-1-10-24-12-16)13-18-7-8-21(32-18)15-3-5-17(6-4-15)28(30)31/h1-8,10,12H,9,11,13-14H2,(H,25,26,29). The van der Waals surface area contributed by atoms with Crippen LogP contribution in [0.1, 0.15) is 17.0 Å². The summed E-state index contributed by atoms with van der Waals surface area (Å²) in [6, 6.07) is 13.7. The van der Waals surface area contributed by atoms with Crippen molar-refractivity contribution in [3.05, 3.63) is 98.4 Å². The number of pyridine rings is 1. The minimum atomic E-state index is -0.429. The van der Waals surface area contributed by atoms with Crippen molar-refractivity contribution in [1.82, 2.24) is 19.9 Å². The molecule has 1 N–H and O–H groups in total. The molecule has 1 aliphatic heterocycles. The van der Waals surface area contributed by atoms with E-state index in [4.69, 9.17) is 4.42 Å². The number of hydrogen-bond acceptors (Lipinski definition) is 7. The largest absolute Gasteiger partial charge is 0.460 e. The number of furan rings is 1. The first kappa shape index (κ1) is 19.8. The Balaban J connectivity index is 1.31. The Morgan fingerprint density at radius 1 is 1.12 bits per heavy atom. The van der Waals surface area contributed by atoms with Crippen LogP contribution in [0.4, 0.5) is 5.69 Å². The van der Waals surface area contributed by atoms with Gasteiger partial charge in [-0.2, -0.15) is 0 Å². The van der Waals surface area contributed by atoms with Crippen molar-refractivity contribution in [2.24, 2.45) is 0 Å². The predicted molar refractivity (Wildman–Crippen MR) is 117 cm³/mol. The van der Waals surface area contributed by atoms with Crippen LogP contribution in [0.5, 0.6) is 0 Å². The molecule has 0 radical (unpaired) electrons. The number of nitro benzene ring substituents is 1. The van der Waals surface area contributed by atoms with Gasteiger partial charge in [-0.15, -0.1) is 0 Å². The monoisotopic (exact) mass is 429 g/mol. The molecule has 0 bridgehead atoms. The molecular weight excluding hydrogens is 410 g/mol. The second-order valence-electron chi connectivity index (χ2n) is 7.61. The highest BCUT2D eigenvalue weighted by atomic mass is 16.6. The van der Waals surface area contributed by atoms with Crippen molar-refractivity contribution in [2.75, 3.05) is 6.54 Å². The molecule has 160 valence electrons. The smallest absolute Gasteiger partial charge is 0.269 e. The molecule has 32 heavy (non-hydrogen) atoms. The van der Waals surface area contributed by atoms with E-state index >= 15 is 0 Å². The molecule has 9 nitrogen and oxygen atoms in total. The molecule has 9 heteroatoms. The summed E-state index contributed by atoms with van der Waals surface area (Å²) in [5, 5.41) is 10.8. The maximum Gasteiger partial charge on any atom is 0.269 e. The van der Waals surface area contributed by atoms with Crippen molar-refractivity contribution in [2.45, 2.75) is 19.5 Å². The molecule has 0 aliphatic carbocycles. The van der Waals surface area contributed by atoms with E-state index in [0.29, 0.717) is 36.7 Å². The topological polar surface area (TPSA) is 118 Å². The van der Waals surface area contributed by atoms with E-state index in [1.807, 2.05) is 24.3 Å². The summed E-state index contributed by atoms with van der Waals surface area (Å²) in [5.41, 5.74) is 2.95. The zero-order chi connectivity index (χ0) is 22.1. The zero-order valence-electron chi connectivity index (χ0n) is 17.0. The van der Waals surface area contributed by atoms with Crippen LogP contribution in [0.3, 0.4) is 0 Å². The average Bonchev–Trinajstić information content (AvgIpc) is 3.28. The summed E-state index contributed by atoms with van der Waals surface area (Å²) in [6.45, 7) is 1.79. The number of aromatic nitrogens is 3. The predicted octanol–water partition coefficient (Wildman–Crippen LogP) is 3.56. The van der Waals surface area contributed by atoms with Crippen LogP contribution in [0.15, 0.2) is 70.1 Å². The molecule has 0 amide bonds. The van der Waals surface area contributed by atoms with Gasteiger partial charge in [-0.25, -0.2) is 4.98 Å². The molecule has 5 rings (SSSR count). The lowest BCUT2D eigenvalue weighted by molar-refractivity contribution is -0.384. The SMILES string of the molecule is O=c1[nH]c(-c2cccnc2)nc2c1CN(Cc1ccc(-c3ccc([N+](=O)[O-])cc3)o1)CC2. The lowest BCUT2D eigenvalue weighted by Gasteiger charge is -2.26. The van der Waals surface area contributed by atoms with Crippen LogP contribution in [-0.2, 0) is 19.5 Å². The van der Waals surface area contributed by atoms with Gasteiger partial charge in [-0.3, -0.25) is 24.8 Å². The minimum Gasteiger partial charge on any atom is -0.460 e. The molecule has 0 saturated carbocycles. The number of nitrogens with one attached hydrogen (secondary N) is 1. The highest BCUT2D eigenvalue weighted by molar-refractivity contribution is 5.59. The maximum atomic E-state index is 12.7. The van der Waals surface area contributed by atoms with E-state index in [-0.39, 0.29) is 11.2 Å². The summed E-state index contributed by atoms with van der Waals surface area (Å²) >= 11 is 0. The quantitative estimate of drug-likeness (QED) is 0.381. The van der Waals surface area contributed by atoms with Crippen molar-refractivity contribution < 1.29 is 9.34 Å². The molecule has 0 unspecified atom stereocenters. The lowest BCUT2D eigenvalue weighted by Crippen LogP contribution is -2.35. The van der Waals surface area contributed by atoms with Crippen LogP contribution in [0, 0.1) is 10.1 Å². The average molecular weight is 429 g/mol. The third kappa shape index (κ3) is 3.93. The van der Waals surface area contributed by atoms with Crippen molar-refractivity contribution in [3.8, 4) is 22.7 Å². The Hall–Kier alpha value is -4.11. The minimum absolute atomic E-state index is 0.0398. The van der Waals surface area contributed by atoms with E-state index in [1.165, 1.54) is 12.1 Å². The molecule has 0 atom stereocenters. The third-order valence-corrected chi connectivity index (χ3v) is 5.49. The molecule has 4 aromatic rings. The number of hydrogen-bond donors (Lipinski definition) is 1. The zero-order valence-corrected chi connectivity index (χ0v) is 17.0. The third-order valence-electron chi connectivity index (χ3n) is 5.49. The number of nitrogens with zero attached hydrogens (tertiary/aromatic N) is 4. The Kier molecular flexibility index (Phi) is 5.08. The fraction of sp³-hybridized carbons (Fsp3) is 0.174. The number of H-pyrrole nitrogens is 1. The van der Waals surface area contributed by atoms with Gasteiger partial charge in [0, 0.05) is 55.2 Å². The van der Waals surface area contributed by atoms with Crippen molar-refractivity contribution >= 4 is 5.69 Å². The van der Waals surface area contributed by atoms with Gasteiger partial charge in [0.25, 0.3) is 11.2 Å². The van der Waals surface area contributed by atoms with Crippen LogP contribution in [-0.4, -0.2) is 31.3 Å². The van der Waals surface area contributed by atoms with E-state index in [2.05, 4.69) is 19.9 Å². The van der Waals surface area contributed by atoms with Gasteiger partial charge in [-0.1, -0.05) is 0 Å². The van der Waals surface area contributed by atoms with Gasteiger partial charge in [0.2, 0.25) is 0 Å². The van der Waals surface area contributed by atoms with Gasteiger partial charge < -0.3 is 9.40 Å². The fourth-order valence-electron chi connectivity index (χ4n) is 3.84. The molecule has 4 heterocycles. The van der Waals surface area contributed by atoms with Gasteiger partial charge in [0.15, 0.2) is 0 Å². The molecule has 0 spiro atoms. The number of aromatic amines is 1. The Morgan fingerprint density at radius 2 is 1.97 bits per heavy atom. The van der Waals surface area contributed by atoms with Gasteiger partial charge in [0.1, 0.15) is 17.3 Å². The first-order valence-electron chi connectivity index (χ1n) is 10.2. The second kappa shape index (κ2) is 8.20. The van der Waals surface area contributed by atoms with Gasteiger partial charge in [0.05, 0.1) is 22.7 Å². The van der Waals surface area contributed by atoms with E-state index in [1.54, 1.807) is 24.5 Å². The number of non-ortho nitro benzene ring substituents is 1. The maximum absolute atomic E-state index is 12.7. The number of rotatable bonds is 5. The summed E-state index contributed by atoms with van der Waals surface area (Å²) < 4.78 is 5.95. The first-order valence-corrected chi connectivity index (χ1v) is 10.2. The Labute approximate surface area is 182 Å². The summed E-state index contributed by atoms with van der Waals surface area (Å²) in [6.07, 6.45) is 4.03. The Morgan fingerprint density at radius 3 is 2.72 bits per heavy atom. The molecule has 0 fully saturated rings. The first-order chi connectivity index (χ1) is 15.6. The fourth-order valence-corrected chi connectivity index (χ4v) is 3.84. The Bertz CT molecular complexity index is 1330. The lowest BCUT2D eigenvalue weighted by atomic mass is 10.1. The van der Waals surface area contributed by atoms with Gasteiger partial charge in [-0.05, 0) is 36.4 Å². The van der Waals surface area contributed by atoms with Crippen LogP contribution in [0.25, 0.3) is 22.7 Å². The van der Waals surface area contributed by atoms with E-state index in [0.717, 1.165) is 29.1 Å². The van der Waals surface area contributed by atoms with Crippen LogP contribution < -0.4 is 5.56 Å². The normalized spacial score (nSPS) is 13.6. The number of fused-ring (bicyclic) bond motifs is 1. The van der Waals surface area contributed by atoms with E-state index in [9.17, 15) is 14.9 Å². The summed E-state index contributed by atoms with van der Waals surface area (Å²) in [7, 11) is 0. The molecule has 1 aliphatic rings. The molecule has 3 aromatic heterocycles. The molecule has 1 aromatic carbocycles. The molecular formula is C23H19N5O4. The second-order valence-corrected chi connectivity index (χ2v) is 7.61. The van der Waals surface area contributed by atoms with E-state index < -0.39 is 4.92 Å². The van der Waals surface area contributed by atoms with Crippen LogP contribution in [0.2, 0.25) is 0 Å². The highest BCUT2D eigenvalue weighted by Crippen LogP contribution is 2.26. The molecule has 0 saturated heterocycles. The number of benzene rings is 1. The number of nitro groups is 1. The summed E-state index contributed by atoms with van der Waals surface area (Å²) in [5.74, 6) is 1.94. The van der Waals surface area contributed by atoms with Crippen LogP contribution >= 0.6 is 0 Å². The van der Waals surface area contributed by atoms with Crippen molar-refractivity contribution in [3.63, 3.8) is 0 Å². The van der Waals surface area contributed by atoms with Crippen molar-refractivity contribution in [1.29, 1.82) is 0 Å². The summed E-state index contributed by atoms with van der Waals surface area (Å²) in [4.78, 5) is 36.9. The van der Waals surface area contributed by atoms with Gasteiger partial charge >= 0.3 is 0 Å². The highest BCUT2D eigenvalue weighted by Gasteiger charge is 2.22.